The summed E-state index contributed by atoms with van der Waals surface area (Å²) in [4.78, 5) is 25.6. The van der Waals surface area contributed by atoms with Crippen molar-refractivity contribution >= 4 is 23.5 Å². The van der Waals surface area contributed by atoms with Crippen molar-refractivity contribution in [3.05, 3.63) is 34.4 Å². The minimum Gasteiger partial charge on any atom is -0.394 e. The first-order chi connectivity index (χ1) is 14.0. The maximum Gasteiger partial charge on any atom is 0.391 e. The van der Waals surface area contributed by atoms with Gasteiger partial charge in [0.1, 0.15) is 22.7 Å². The van der Waals surface area contributed by atoms with Gasteiger partial charge in [-0.25, -0.2) is 13.6 Å². The van der Waals surface area contributed by atoms with Crippen LogP contribution in [0.25, 0.3) is 0 Å². The number of aliphatic hydroxyl groups excluding tert-OH is 1. The SMILES string of the molecule is O=C1NCCN(C(=O)NC(c2ccc(F)c(Cl)c2F)[C@H]2C[C@H](C(F)(F)F)C2)[C@@H]1CO. The quantitative estimate of drug-likeness (QED) is 0.482. The number of nitrogens with one attached hydrogen (secondary N) is 2. The van der Waals surface area contributed by atoms with Crippen molar-refractivity contribution < 1.29 is 36.6 Å². The van der Waals surface area contributed by atoms with Crippen LogP contribution in [0.4, 0.5) is 26.7 Å². The van der Waals surface area contributed by atoms with Crippen LogP contribution >= 0.6 is 11.6 Å². The third kappa shape index (κ3) is 4.31. The first-order valence-corrected chi connectivity index (χ1v) is 9.58. The Kier molecular flexibility index (Phi) is 6.42. The molecule has 1 aliphatic carbocycles. The Balaban J connectivity index is 1.86. The Bertz CT molecular complexity index is 832. The van der Waals surface area contributed by atoms with Gasteiger partial charge in [-0.15, -0.1) is 0 Å². The number of urea groups is 1. The van der Waals surface area contributed by atoms with Crippen LogP contribution in [0.3, 0.4) is 0 Å². The summed E-state index contributed by atoms with van der Waals surface area (Å²) in [5.74, 6) is -5.17. The summed E-state index contributed by atoms with van der Waals surface area (Å²) in [6, 6.07) is -1.38. The molecule has 2 atom stereocenters. The molecule has 1 aromatic carbocycles. The highest BCUT2D eigenvalue weighted by molar-refractivity contribution is 6.31. The van der Waals surface area contributed by atoms with Gasteiger partial charge in [-0.1, -0.05) is 17.7 Å². The Morgan fingerprint density at radius 1 is 1.33 bits per heavy atom. The number of carbonyl (C=O) groups is 2. The second-order valence-corrected chi connectivity index (χ2v) is 7.72. The highest BCUT2D eigenvalue weighted by atomic mass is 35.5. The normalized spacial score (nSPS) is 25.4. The van der Waals surface area contributed by atoms with E-state index in [2.05, 4.69) is 10.6 Å². The van der Waals surface area contributed by atoms with E-state index in [1.165, 1.54) is 0 Å². The Morgan fingerprint density at radius 3 is 2.60 bits per heavy atom. The van der Waals surface area contributed by atoms with E-state index >= 15 is 0 Å². The number of hydrogen-bond donors (Lipinski definition) is 3. The average molecular weight is 456 g/mol. The van der Waals surface area contributed by atoms with Gasteiger partial charge in [0.25, 0.3) is 0 Å². The molecule has 0 bridgehead atoms. The van der Waals surface area contributed by atoms with Gasteiger partial charge < -0.3 is 20.6 Å². The zero-order valence-corrected chi connectivity index (χ0v) is 16.2. The zero-order chi connectivity index (χ0) is 22.2. The molecule has 2 aliphatic rings. The number of aliphatic hydroxyl groups is 1. The maximum absolute atomic E-state index is 14.6. The van der Waals surface area contributed by atoms with Crippen LogP contribution in [0.1, 0.15) is 24.4 Å². The smallest absolute Gasteiger partial charge is 0.391 e. The highest BCUT2D eigenvalue weighted by Crippen LogP contribution is 2.50. The van der Waals surface area contributed by atoms with E-state index in [0.29, 0.717) is 0 Å². The lowest BCUT2D eigenvalue weighted by Crippen LogP contribution is -2.61. The van der Waals surface area contributed by atoms with E-state index in [-0.39, 0.29) is 31.5 Å². The average Bonchev–Trinajstić information content (AvgIpc) is 2.63. The molecule has 1 saturated carbocycles. The predicted molar refractivity (Wildman–Crippen MR) is 95.5 cm³/mol. The van der Waals surface area contributed by atoms with Gasteiger partial charge in [-0.2, -0.15) is 13.2 Å². The molecular formula is C18H19ClF5N3O3. The van der Waals surface area contributed by atoms with Crippen LogP contribution in [0.2, 0.25) is 5.02 Å². The van der Waals surface area contributed by atoms with E-state index in [0.717, 1.165) is 17.0 Å². The molecule has 12 heteroatoms. The molecule has 3 rings (SSSR count). The summed E-state index contributed by atoms with van der Waals surface area (Å²) in [6.07, 6.45) is -5.13. The summed E-state index contributed by atoms with van der Waals surface area (Å²) in [6.45, 7) is -0.512. The highest BCUT2D eigenvalue weighted by Gasteiger charge is 2.51. The van der Waals surface area contributed by atoms with E-state index in [1.807, 2.05) is 0 Å². The van der Waals surface area contributed by atoms with Gasteiger partial charge in [0.2, 0.25) is 5.91 Å². The summed E-state index contributed by atoms with van der Waals surface area (Å²) < 4.78 is 66.9. The number of nitrogens with zero attached hydrogens (tertiary/aromatic N) is 1. The van der Waals surface area contributed by atoms with Crippen molar-refractivity contribution in [2.45, 2.75) is 31.1 Å². The predicted octanol–water partition coefficient (Wildman–Crippen LogP) is 2.75. The number of rotatable bonds is 4. The Morgan fingerprint density at radius 2 is 2.00 bits per heavy atom. The topological polar surface area (TPSA) is 81.7 Å². The standard InChI is InChI=1S/C18H19ClF5N3O3/c19-13-11(20)2-1-10(14(13)21)15(8-5-9(6-8)18(22,23)24)26-17(30)27-4-3-25-16(29)12(27)7-28/h1-2,8-9,12,15,28H,3-7H2,(H,25,29)(H,26,30)/t8-,9-,12-,15?/m1/s1. The lowest BCUT2D eigenvalue weighted by atomic mass is 9.69. The van der Waals surface area contributed by atoms with E-state index in [1.54, 1.807) is 0 Å². The summed E-state index contributed by atoms with van der Waals surface area (Å²) in [5.41, 5.74) is -0.248. The number of amides is 3. The van der Waals surface area contributed by atoms with Crippen molar-refractivity contribution in [3.8, 4) is 0 Å². The molecule has 0 aromatic heterocycles. The minimum absolute atomic E-state index is 0.0397. The van der Waals surface area contributed by atoms with Crippen molar-refractivity contribution in [2.75, 3.05) is 19.7 Å². The van der Waals surface area contributed by atoms with Crippen LogP contribution in [-0.4, -0.2) is 53.9 Å². The van der Waals surface area contributed by atoms with Crippen LogP contribution in [0.15, 0.2) is 12.1 Å². The number of hydrogen-bond acceptors (Lipinski definition) is 3. The maximum atomic E-state index is 14.6. The summed E-state index contributed by atoms with van der Waals surface area (Å²) >= 11 is 5.60. The van der Waals surface area contributed by atoms with Crippen molar-refractivity contribution in [3.63, 3.8) is 0 Å². The van der Waals surface area contributed by atoms with Gasteiger partial charge in [0.05, 0.1) is 18.6 Å². The zero-order valence-electron chi connectivity index (χ0n) is 15.5. The lowest BCUT2D eigenvalue weighted by molar-refractivity contribution is -0.206. The molecule has 6 nitrogen and oxygen atoms in total. The molecule has 1 unspecified atom stereocenters. The number of piperazine rings is 1. The van der Waals surface area contributed by atoms with Gasteiger partial charge >= 0.3 is 12.2 Å². The van der Waals surface area contributed by atoms with E-state index in [4.69, 9.17) is 11.6 Å². The first kappa shape index (κ1) is 22.5. The second kappa shape index (κ2) is 8.54. The van der Waals surface area contributed by atoms with Gasteiger partial charge in [0, 0.05) is 18.7 Å². The van der Waals surface area contributed by atoms with Crippen LogP contribution in [0, 0.1) is 23.5 Å². The molecule has 3 amide bonds. The Hall–Kier alpha value is -2.14. The van der Waals surface area contributed by atoms with Crippen molar-refractivity contribution in [1.29, 1.82) is 0 Å². The van der Waals surface area contributed by atoms with Crippen molar-refractivity contribution in [2.24, 2.45) is 11.8 Å². The molecular weight excluding hydrogens is 437 g/mol. The van der Waals surface area contributed by atoms with Crippen molar-refractivity contribution in [1.82, 2.24) is 15.5 Å². The molecule has 1 saturated heterocycles. The molecule has 1 aliphatic heterocycles. The fourth-order valence-corrected chi connectivity index (χ4v) is 3.96. The number of halogens is 6. The first-order valence-electron chi connectivity index (χ1n) is 9.20. The molecule has 166 valence electrons. The van der Waals surface area contributed by atoms with E-state index < -0.39 is 65.3 Å². The van der Waals surface area contributed by atoms with Gasteiger partial charge in [-0.3, -0.25) is 4.79 Å². The second-order valence-electron chi connectivity index (χ2n) is 7.34. The van der Waals surface area contributed by atoms with Gasteiger partial charge in [0.15, 0.2) is 0 Å². The van der Waals surface area contributed by atoms with Gasteiger partial charge in [-0.05, 0) is 24.8 Å². The van der Waals surface area contributed by atoms with Crippen LogP contribution in [0.5, 0.6) is 0 Å². The fourth-order valence-electron chi connectivity index (χ4n) is 3.79. The van der Waals surface area contributed by atoms with Crippen LogP contribution < -0.4 is 10.6 Å². The molecule has 0 radical (unpaired) electrons. The molecule has 1 aromatic rings. The van der Waals surface area contributed by atoms with Crippen LogP contribution in [-0.2, 0) is 4.79 Å². The van der Waals surface area contributed by atoms with E-state index in [9.17, 15) is 36.6 Å². The molecule has 2 fully saturated rings. The molecule has 0 spiro atoms. The fraction of sp³-hybridized carbons (Fsp3) is 0.556. The molecule has 3 N–H and O–H groups in total. The molecule has 30 heavy (non-hydrogen) atoms. The summed E-state index contributed by atoms with van der Waals surface area (Å²) in [5, 5.41) is 13.5. The Labute approximate surface area is 173 Å². The minimum atomic E-state index is -4.42. The number of carbonyl (C=O) groups excluding carboxylic acids is 2. The number of benzene rings is 1. The largest absolute Gasteiger partial charge is 0.394 e. The third-order valence-corrected chi connectivity index (χ3v) is 5.90. The third-order valence-electron chi connectivity index (χ3n) is 5.55. The lowest BCUT2D eigenvalue weighted by Gasteiger charge is -2.43. The number of alkyl halides is 3. The summed E-state index contributed by atoms with van der Waals surface area (Å²) in [7, 11) is 0. The monoisotopic (exact) mass is 455 g/mol. The molecule has 1 heterocycles.